The number of nitrogens with zero attached hydrogens (tertiary/aromatic N) is 6. The SMILES string of the molecule is N#Cc1c(N)nc2c(C#N)c(Nc3ccccc3)nn2c1C#N. The molecule has 0 spiro atoms. The van der Waals surface area contributed by atoms with E-state index in [1.54, 1.807) is 12.1 Å². The Labute approximate surface area is 130 Å². The maximum absolute atomic E-state index is 9.39. The number of nitrogens with one attached hydrogen (secondary N) is 1. The van der Waals surface area contributed by atoms with Crippen molar-refractivity contribution in [3.63, 3.8) is 0 Å². The highest BCUT2D eigenvalue weighted by Gasteiger charge is 2.21. The van der Waals surface area contributed by atoms with Crippen molar-refractivity contribution in [1.82, 2.24) is 14.6 Å². The summed E-state index contributed by atoms with van der Waals surface area (Å²) in [6, 6.07) is 14.8. The van der Waals surface area contributed by atoms with Gasteiger partial charge in [-0.1, -0.05) is 18.2 Å². The summed E-state index contributed by atoms with van der Waals surface area (Å²) >= 11 is 0. The fourth-order valence-corrected chi connectivity index (χ4v) is 2.13. The Kier molecular flexibility index (Phi) is 3.23. The quantitative estimate of drug-likeness (QED) is 0.733. The third kappa shape index (κ3) is 2.15. The Balaban J connectivity index is 2.28. The molecule has 2 heterocycles. The van der Waals surface area contributed by atoms with Crippen LogP contribution in [0.4, 0.5) is 17.3 Å². The van der Waals surface area contributed by atoms with Crippen LogP contribution in [0.3, 0.4) is 0 Å². The van der Waals surface area contributed by atoms with E-state index in [1.807, 2.05) is 36.4 Å². The van der Waals surface area contributed by atoms with Gasteiger partial charge >= 0.3 is 0 Å². The summed E-state index contributed by atoms with van der Waals surface area (Å²) in [5.41, 5.74) is 6.56. The number of benzene rings is 1. The third-order valence-electron chi connectivity index (χ3n) is 3.16. The summed E-state index contributed by atoms with van der Waals surface area (Å²) < 4.78 is 1.15. The number of hydrogen-bond acceptors (Lipinski definition) is 7. The molecule has 3 rings (SSSR count). The Bertz CT molecular complexity index is 1030. The highest BCUT2D eigenvalue weighted by atomic mass is 15.3. The minimum atomic E-state index is -0.112. The molecule has 8 nitrogen and oxygen atoms in total. The molecule has 2 aromatic heterocycles. The van der Waals surface area contributed by atoms with Gasteiger partial charge in [0.15, 0.2) is 17.2 Å². The topological polar surface area (TPSA) is 140 Å². The zero-order valence-corrected chi connectivity index (χ0v) is 11.6. The molecule has 3 N–H and O–H groups in total. The Morgan fingerprint density at radius 1 is 1.00 bits per heavy atom. The van der Waals surface area contributed by atoms with E-state index < -0.39 is 0 Å². The predicted molar refractivity (Wildman–Crippen MR) is 81.3 cm³/mol. The second kappa shape index (κ2) is 5.36. The highest BCUT2D eigenvalue weighted by molar-refractivity contribution is 5.75. The minimum absolute atomic E-state index is 0.0624. The largest absolute Gasteiger partial charge is 0.382 e. The van der Waals surface area contributed by atoms with Crippen molar-refractivity contribution in [3.8, 4) is 18.2 Å². The lowest BCUT2D eigenvalue weighted by atomic mass is 10.2. The van der Waals surface area contributed by atoms with Gasteiger partial charge in [-0.3, -0.25) is 0 Å². The number of aromatic nitrogens is 3. The van der Waals surface area contributed by atoms with Crippen molar-refractivity contribution in [2.24, 2.45) is 0 Å². The minimum Gasteiger partial charge on any atom is -0.382 e. The molecular weight excluding hydrogens is 292 g/mol. The number of nitrogen functional groups attached to an aromatic ring is 1. The van der Waals surface area contributed by atoms with Crippen LogP contribution in [-0.4, -0.2) is 14.6 Å². The van der Waals surface area contributed by atoms with Crippen LogP contribution < -0.4 is 11.1 Å². The number of rotatable bonds is 2. The third-order valence-corrected chi connectivity index (χ3v) is 3.16. The van der Waals surface area contributed by atoms with Crippen LogP contribution in [-0.2, 0) is 0 Å². The molecule has 0 aliphatic rings. The van der Waals surface area contributed by atoms with Crippen molar-refractivity contribution < 1.29 is 0 Å². The van der Waals surface area contributed by atoms with Gasteiger partial charge in [0.25, 0.3) is 0 Å². The van der Waals surface area contributed by atoms with Gasteiger partial charge in [-0.2, -0.15) is 20.3 Å². The first-order valence-corrected chi connectivity index (χ1v) is 6.44. The first-order chi connectivity index (χ1) is 11.2. The van der Waals surface area contributed by atoms with Crippen LogP contribution in [0, 0.1) is 34.0 Å². The van der Waals surface area contributed by atoms with E-state index >= 15 is 0 Å². The first kappa shape index (κ1) is 13.9. The molecule has 1 aromatic carbocycles. The van der Waals surface area contributed by atoms with Crippen molar-refractivity contribution >= 4 is 23.0 Å². The fourth-order valence-electron chi connectivity index (χ4n) is 2.13. The molecule has 0 aliphatic heterocycles. The Morgan fingerprint density at radius 2 is 1.70 bits per heavy atom. The summed E-state index contributed by atoms with van der Waals surface area (Å²) in [7, 11) is 0. The van der Waals surface area contributed by atoms with E-state index in [4.69, 9.17) is 11.0 Å². The maximum Gasteiger partial charge on any atom is 0.179 e. The van der Waals surface area contributed by atoms with Crippen LogP contribution in [0.1, 0.15) is 16.8 Å². The number of nitriles is 3. The average molecular weight is 300 g/mol. The number of fused-ring (bicyclic) bond motifs is 1. The monoisotopic (exact) mass is 300 g/mol. The molecule has 0 aliphatic carbocycles. The summed E-state index contributed by atoms with van der Waals surface area (Å²) in [5, 5.41) is 35.0. The van der Waals surface area contributed by atoms with E-state index in [-0.39, 0.29) is 34.1 Å². The molecule has 3 aromatic rings. The van der Waals surface area contributed by atoms with Gasteiger partial charge in [0.2, 0.25) is 0 Å². The summed E-state index contributed by atoms with van der Waals surface area (Å²) in [6.07, 6.45) is 0. The van der Waals surface area contributed by atoms with Crippen molar-refractivity contribution in [3.05, 3.63) is 47.2 Å². The maximum atomic E-state index is 9.39. The fraction of sp³-hybridized carbons (Fsp3) is 0. The molecule has 0 amide bonds. The van der Waals surface area contributed by atoms with Crippen LogP contribution in [0.5, 0.6) is 0 Å². The van der Waals surface area contributed by atoms with Crippen LogP contribution in [0.2, 0.25) is 0 Å². The summed E-state index contributed by atoms with van der Waals surface area (Å²) in [4.78, 5) is 4.03. The van der Waals surface area contributed by atoms with Crippen molar-refractivity contribution in [1.29, 1.82) is 15.8 Å². The lowest BCUT2D eigenvalue weighted by Crippen LogP contribution is -2.06. The van der Waals surface area contributed by atoms with Crippen molar-refractivity contribution in [2.45, 2.75) is 0 Å². The van der Waals surface area contributed by atoms with Gasteiger partial charge in [-0.25, -0.2) is 4.98 Å². The van der Waals surface area contributed by atoms with E-state index in [0.717, 1.165) is 10.2 Å². The molecule has 0 radical (unpaired) electrons. The van der Waals surface area contributed by atoms with Gasteiger partial charge in [0, 0.05) is 5.69 Å². The lowest BCUT2D eigenvalue weighted by Gasteiger charge is -2.01. The van der Waals surface area contributed by atoms with E-state index in [9.17, 15) is 10.5 Å². The molecule has 0 saturated carbocycles. The lowest BCUT2D eigenvalue weighted by molar-refractivity contribution is 0.921. The summed E-state index contributed by atoms with van der Waals surface area (Å²) in [5.74, 6) is 0.122. The van der Waals surface area contributed by atoms with E-state index in [1.165, 1.54) is 0 Å². The molecule has 108 valence electrons. The normalized spacial score (nSPS) is 9.78. The standard InChI is InChI=1S/C15H8N8/c16-6-10-12(8-18)23-15(21-13(10)19)11(7-17)14(22-23)20-9-4-2-1-3-5-9/h1-5H,(H2,19,21)(H,20,22). The second-order valence-corrected chi connectivity index (χ2v) is 4.51. The summed E-state index contributed by atoms with van der Waals surface area (Å²) in [6.45, 7) is 0. The molecule has 8 heteroatoms. The van der Waals surface area contributed by atoms with Crippen LogP contribution >= 0.6 is 0 Å². The number of hydrogen-bond donors (Lipinski definition) is 2. The predicted octanol–water partition coefficient (Wildman–Crippen LogP) is 1.67. The molecule has 0 fully saturated rings. The number of nitrogens with two attached hydrogens (primary N) is 1. The molecule has 23 heavy (non-hydrogen) atoms. The van der Waals surface area contributed by atoms with Gasteiger partial charge in [-0.15, -0.1) is 5.10 Å². The van der Waals surface area contributed by atoms with Gasteiger partial charge in [0.05, 0.1) is 0 Å². The molecule has 0 unspecified atom stereocenters. The van der Waals surface area contributed by atoms with Crippen LogP contribution in [0.15, 0.2) is 30.3 Å². The zero-order valence-electron chi connectivity index (χ0n) is 11.6. The second-order valence-electron chi connectivity index (χ2n) is 4.51. The smallest absolute Gasteiger partial charge is 0.179 e. The van der Waals surface area contributed by atoms with Gasteiger partial charge < -0.3 is 11.1 Å². The highest BCUT2D eigenvalue weighted by Crippen LogP contribution is 2.25. The van der Waals surface area contributed by atoms with E-state index in [0.29, 0.717) is 0 Å². The first-order valence-electron chi connectivity index (χ1n) is 6.44. The van der Waals surface area contributed by atoms with Gasteiger partial charge in [0.1, 0.15) is 35.2 Å². The zero-order chi connectivity index (χ0) is 16.4. The van der Waals surface area contributed by atoms with Crippen molar-refractivity contribution in [2.75, 3.05) is 11.1 Å². The molecule has 0 bridgehead atoms. The van der Waals surface area contributed by atoms with Gasteiger partial charge in [-0.05, 0) is 12.1 Å². The number of anilines is 3. The molecular formula is C15H8N8. The molecule has 0 atom stereocenters. The molecule has 0 saturated heterocycles. The van der Waals surface area contributed by atoms with Crippen LogP contribution in [0.25, 0.3) is 5.65 Å². The number of para-hydroxylation sites is 1. The Hall–Kier alpha value is -4.09. The average Bonchev–Trinajstić information content (AvgIpc) is 2.91. The van der Waals surface area contributed by atoms with E-state index in [2.05, 4.69) is 15.4 Å². The Morgan fingerprint density at radius 3 is 2.30 bits per heavy atom.